The van der Waals surface area contributed by atoms with E-state index in [4.69, 9.17) is 16.1 Å². The highest BCUT2D eigenvalue weighted by atomic mass is 35.5. The minimum absolute atomic E-state index is 0.241. The molecule has 7 heteroatoms. The third kappa shape index (κ3) is 3.19. The summed E-state index contributed by atoms with van der Waals surface area (Å²) in [7, 11) is 1.69. The third-order valence-corrected chi connectivity index (χ3v) is 4.25. The lowest BCUT2D eigenvalue weighted by molar-refractivity contribution is 0.0771. The molecule has 4 rings (SSSR count). The first-order valence-electron chi connectivity index (χ1n) is 8.02. The van der Waals surface area contributed by atoms with Crippen molar-refractivity contribution in [2.45, 2.75) is 6.54 Å². The number of aromatic nitrogens is 3. The average molecular weight is 367 g/mol. The summed E-state index contributed by atoms with van der Waals surface area (Å²) in [5, 5.41) is 4.53. The fourth-order valence-electron chi connectivity index (χ4n) is 2.72. The molecule has 0 unspecified atom stereocenters. The van der Waals surface area contributed by atoms with Gasteiger partial charge in [-0.25, -0.2) is 4.98 Å². The van der Waals surface area contributed by atoms with Crippen molar-refractivity contribution in [1.29, 1.82) is 0 Å². The van der Waals surface area contributed by atoms with Gasteiger partial charge in [0.05, 0.1) is 17.6 Å². The highest BCUT2D eigenvalue weighted by molar-refractivity contribution is 6.31. The van der Waals surface area contributed by atoms with Gasteiger partial charge < -0.3 is 14.4 Å². The minimum atomic E-state index is -0.241. The Hall–Kier alpha value is -3.12. The third-order valence-electron chi connectivity index (χ3n) is 4.01. The van der Waals surface area contributed by atoms with Crippen molar-refractivity contribution >= 4 is 28.5 Å². The molecule has 0 radical (unpaired) electrons. The van der Waals surface area contributed by atoms with Gasteiger partial charge in [0, 0.05) is 23.7 Å². The van der Waals surface area contributed by atoms with Crippen LogP contribution in [0.25, 0.3) is 22.4 Å². The molecular weight excluding hydrogens is 352 g/mol. The lowest BCUT2D eigenvalue weighted by Gasteiger charge is -2.13. The molecule has 0 aliphatic carbocycles. The van der Waals surface area contributed by atoms with Crippen LogP contribution in [0.3, 0.4) is 0 Å². The molecule has 0 saturated carbocycles. The average Bonchev–Trinajstić information content (AvgIpc) is 3.28. The van der Waals surface area contributed by atoms with E-state index in [1.54, 1.807) is 25.2 Å². The van der Waals surface area contributed by atoms with Crippen LogP contribution in [0.15, 0.2) is 59.1 Å². The SMILES string of the molecule is CN(Cc1nc2ccc(Cl)cc2[nH]1)C(=O)c1cc(-c2ccccc2)on1. The maximum Gasteiger partial charge on any atom is 0.276 e. The van der Waals surface area contributed by atoms with Gasteiger partial charge in [-0.3, -0.25) is 4.79 Å². The molecule has 0 fully saturated rings. The van der Waals surface area contributed by atoms with Gasteiger partial charge >= 0.3 is 0 Å². The highest BCUT2D eigenvalue weighted by Gasteiger charge is 2.19. The Morgan fingerprint density at radius 1 is 1.19 bits per heavy atom. The Kier molecular flexibility index (Phi) is 4.18. The summed E-state index contributed by atoms with van der Waals surface area (Å²) in [6.45, 7) is 0.318. The van der Waals surface area contributed by atoms with Crippen molar-refractivity contribution < 1.29 is 9.32 Å². The number of nitrogens with one attached hydrogen (secondary N) is 1. The molecule has 0 atom stereocenters. The van der Waals surface area contributed by atoms with Crippen LogP contribution in [0.5, 0.6) is 0 Å². The number of rotatable bonds is 4. The summed E-state index contributed by atoms with van der Waals surface area (Å²) < 4.78 is 5.30. The second-order valence-corrected chi connectivity index (χ2v) is 6.39. The first-order valence-corrected chi connectivity index (χ1v) is 8.40. The summed E-state index contributed by atoms with van der Waals surface area (Å²) in [4.78, 5) is 21.8. The number of hydrogen-bond donors (Lipinski definition) is 1. The lowest BCUT2D eigenvalue weighted by Crippen LogP contribution is -2.26. The molecule has 2 heterocycles. The molecular formula is C19H15ClN4O2. The molecule has 6 nitrogen and oxygen atoms in total. The number of H-pyrrole nitrogens is 1. The van der Waals surface area contributed by atoms with Crippen molar-refractivity contribution in [3.05, 3.63) is 71.1 Å². The molecule has 0 aliphatic rings. The number of imidazole rings is 1. The van der Waals surface area contributed by atoms with Crippen LogP contribution in [0.4, 0.5) is 0 Å². The molecule has 130 valence electrons. The first-order chi connectivity index (χ1) is 12.6. The molecule has 0 spiro atoms. The van der Waals surface area contributed by atoms with Crippen LogP contribution in [0.1, 0.15) is 16.3 Å². The van der Waals surface area contributed by atoms with Crippen LogP contribution < -0.4 is 0 Å². The molecule has 0 saturated heterocycles. The summed E-state index contributed by atoms with van der Waals surface area (Å²) in [5.74, 6) is 0.986. The van der Waals surface area contributed by atoms with E-state index in [0.717, 1.165) is 16.6 Å². The normalized spacial score (nSPS) is 11.0. The molecule has 2 aromatic carbocycles. The second-order valence-electron chi connectivity index (χ2n) is 5.95. The van der Waals surface area contributed by atoms with Crippen LogP contribution in [-0.2, 0) is 6.54 Å². The lowest BCUT2D eigenvalue weighted by atomic mass is 10.1. The number of nitrogens with zero attached hydrogens (tertiary/aromatic N) is 3. The Labute approximate surface area is 154 Å². The monoisotopic (exact) mass is 366 g/mol. The zero-order chi connectivity index (χ0) is 18.1. The fraction of sp³-hybridized carbons (Fsp3) is 0.105. The number of carbonyl (C=O) groups excluding carboxylic acids is 1. The second kappa shape index (κ2) is 6.65. The van der Waals surface area contributed by atoms with E-state index in [9.17, 15) is 4.79 Å². The van der Waals surface area contributed by atoms with Gasteiger partial charge in [0.25, 0.3) is 5.91 Å². The largest absolute Gasteiger partial charge is 0.355 e. The van der Waals surface area contributed by atoms with Crippen LogP contribution in [0, 0.1) is 0 Å². The van der Waals surface area contributed by atoms with E-state index in [0.29, 0.717) is 23.2 Å². The Bertz CT molecular complexity index is 1070. The zero-order valence-corrected chi connectivity index (χ0v) is 14.7. The van der Waals surface area contributed by atoms with Gasteiger partial charge in [0.1, 0.15) is 5.82 Å². The predicted molar refractivity (Wildman–Crippen MR) is 98.8 cm³/mol. The molecule has 0 bridgehead atoms. The maximum atomic E-state index is 12.6. The van der Waals surface area contributed by atoms with Crippen molar-refractivity contribution in [3.63, 3.8) is 0 Å². The number of halogens is 1. The van der Waals surface area contributed by atoms with E-state index >= 15 is 0 Å². The van der Waals surface area contributed by atoms with Gasteiger partial charge in [-0.2, -0.15) is 0 Å². The van der Waals surface area contributed by atoms with Gasteiger partial charge in [-0.05, 0) is 18.2 Å². The van der Waals surface area contributed by atoms with Crippen molar-refractivity contribution in [2.24, 2.45) is 0 Å². The summed E-state index contributed by atoms with van der Waals surface area (Å²) >= 11 is 5.99. The summed E-state index contributed by atoms with van der Waals surface area (Å²) in [6, 6.07) is 16.6. The smallest absolute Gasteiger partial charge is 0.276 e. The Balaban J connectivity index is 1.51. The van der Waals surface area contributed by atoms with E-state index in [-0.39, 0.29) is 11.6 Å². The fourth-order valence-corrected chi connectivity index (χ4v) is 2.89. The predicted octanol–water partition coefficient (Wildman–Crippen LogP) is 4.14. The van der Waals surface area contributed by atoms with Crippen LogP contribution in [-0.4, -0.2) is 33.0 Å². The van der Waals surface area contributed by atoms with E-state index in [1.807, 2.05) is 36.4 Å². The molecule has 2 aromatic heterocycles. The highest BCUT2D eigenvalue weighted by Crippen LogP contribution is 2.21. The van der Waals surface area contributed by atoms with E-state index in [2.05, 4.69) is 15.1 Å². The van der Waals surface area contributed by atoms with Crippen molar-refractivity contribution in [1.82, 2.24) is 20.0 Å². The number of benzene rings is 2. The number of hydrogen-bond acceptors (Lipinski definition) is 4. The van der Waals surface area contributed by atoms with Gasteiger partial charge in [0.15, 0.2) is 11.5 Å². The number of fused-ring (bicyclic) bond motifs is 1. The van der Waals surface area contributed by atoms with E-state index in [1.165, 1.54) is 4.90 Å². The topological polar surface area (TPSA) is 75.0 Å². The van der Waals surface area contributed by atoms with E-state index < -0.39 is 0 Å². The van der Waals surface area contributed by atoms with Crippen LogP contribution in [0.2, 0.25) is 5.02 Å². The number of amides is 1. The van der Waals surface area contributed by atoms with Gasteiger partial charge in [-0.1, -0.05) is 47.1 Å². The summed E-state index contributed by atoms with van der Waals surface area (Å²) in [5.41, 5.74) is 2.76. The summed E-state index contributed by atoms with van der Waals surface area (Å²) in [6.07, 6.45) is 0. The standard InChI is InChI=1S/C19H15ClN4O2/c1-24(11-18-21-14-8-7-13(20)9-15(14)22-18)19(25)16-10-17(26-23-16)12-5-3-2-4-6-12/h2-10H,11H2,1H3,(H,21,22). The number of carbonyl (C=O) groups is 1. The van der Waals surface area contributed by atoms with Crippen LogP contribution >= 0.6 is 11.6 Å². The van der Waals surface area contributed by atoms with Crippen molar-refractivity contribution in [3.8, 4) is 11.3 Å². The Morgan fingerprint density at radius 2 is 2.00 bits per heavy atom. The first kappa shape index (κ1) is 16.4. The molecule has 1 amide bonds. The molecule has 1 N–H and O–H groups in total. The molecule has 0 aliphatic heterocycles. The molecule has 4 aromatic rings. The van der Waals surface area contributed by atoms with Gasteiger partial charge in [0.2, 0.25) is 0 Å². The van der Waals surface area contributed by atoms with Gasteiger partial charge in [-0.15, -0.1) is 0 Å². The Morgan fingerprint density at radius 3 is 2.81 bits per heavy atom. The minimum Gasteiger partial charge on any atom is -0.355 e. The quantitative estimate of drug-likeness (QED) is 0.589. The zero-order valence-electron chi connectivity index (χ0n) is 13.9. The number of aromatic amines is 1. The molecule has 26 heavy (non-hydrogen) atoms. The van der Waals surface area contributed by atoms with Crippen molar-refractivity contribution in [2.75, 3.05) is 7.05 Å². The maximum absolute atomic E-state index is 12.6.